The molecule has 1 heterocycles. The lowest BCUT2D eigenvalue weighted by molar-refractivity contribution is -0.384. The van der Waals surface area contributed by atoms with Crippen molar-refractivity contribution in [3.05, 3.63) is 52.8 Å². The number of benzene rings is 1. The molecule has 0 saturated heterocycles. The van der Waals surface area contributed by atoms with Crippen molar-refractivity contribution in [3.63, 3.8) is 0 Å². The Morgan fingerprint density at radius 3 is 2.70 bits per heavy atom. The minimum Gasteiger partial charge on any atom is -0.489 e. The van der Waals surface area contributed by atoms with Crippen LogP contribution in [0.2, 0.25) is 0 Å². The van der Waals surface area contributed by atoms with Crippen LogP contribution >= 0.6 is 0 Å². The molecule has 0 fully saturated rings. The molecule has 0 aliphatic carbocycles. The van der Waals surface area contributed by atoms with Crippen LogP contribution in [0.3, 0.4) is 0 Å². The number of hydrogen-bond donors (Lipinski definition) is 2. The van der Waals surface area contributed by atoms with Gasteiger partial charge in [-0.2, -0.15) is 0 Å². The van der Waals surface area contributed by atoms with E-state index in [-0.39, 0.29) is 17.5 Å². The second kappa shape index (κ2) is 7.21. The van der Waals surface area contributed by atoms with Crippen LogP contribution in [0.1, 0.15) is 13.8 Å². The van der Waals surface area contributed by atoms with Gasteiger partial charge in [-0.1, -0.05) is 0 Å². The molecule has 0 spiro atoms. The number of nitro groups is 1. The number of carbonyl (C=O) groups excluding carboxylic acids is 1. The van der Waals surface area contributed by atoms with Crippen LogP contribution in [0, 0.1) is 10.1 Å². The molecule has 1 aromatic carbocycles. The van der Waals surface area contributed by atoms with E-state index >= 15 is 0 Å². The Morgan fingerprint density at radius 2 is 2.09 bits per heavy atom. The van der Waals surface area contributed by atoms with Crippen LogP contribution in [-0.2, 0) is 0 Å². The van der Waals surface area contributed by atoms with E-state index in [0.29, 0.717) is 11.4 Å². The average Bonchev–Trinajstić information content (AvgIpc) is 2.49. The van der Waals surface area contributed by atoms with Gasteiger partial charge in [-0.15, -0.1) is 0 Å². The first kappa shape index (κ1) is 16.2. The third kappa shape index (κ3) is 4.67. The standard InChI is InChI=1S/C15H16N4O4/c1-10(2)23-14-6-5-12(19(21)22)8-13(14)18-15(20)17-11-4-3-7-16-9-11/h3-10H,1-2H3,(H2,17,18,20). The van der Waals surface area contributed by atoms with Gasteiger partial charge < -0.3 is 15.4 Å². The predicted octanol–water partition coefficient (Wildman–Crippen LogP) is 3.42. The summed E-state index contributed by atoms with van der Waals surface area (Å²) >= 11 is 0. The van der Waals surface area contributed by atoms with Gasteiger partial charge in [-0.05, 0) is 32.0 Å². The maximum Gasteiger partial charge on any atom is 0.323 e. The zero-order valence-corrected chi connectivity index (χ0v) is 12.6. The highest BCUT2D eigenvalue weighted by molar-refractivity contribution is 6.00. The van der Waals surface area contributed by atoms with Crippen molar-refractivity contribution in [2.45, 2.75) is 20.0 Å². The van der Waals surface area contributed by atoms with E-state index in [1.54, 1.807) is 18.3 Å². The Hall–Kier alpha value is -3.16. The topological polar surface area (TPSA) is 106 Å². The number of hydrogen-bond acceptors (Lipinski definition) is 5. The van der Waals surface area contributed by atoms with E-state index in [4.69, 9.17) is 4.74 Å². The normalized spacial score (nSPS) is 10.2. The Balaban J connectivity index is 2.20. The van der Waals surface area contributed by atoms with E-state index in [2.05, 4.69) is 15.6 Å². The first-order chi connectivity index (χ1) is 11.0. The number of nitrogens with one attached hydrogen (secondary N) is 2. The first-order valence-corrected chi connectivity index (χ1v) is 6.89. The summed E-state index contributed by atoms with van der Waals surface area (Å²) < 4.78 is 5.55. The second-order valence-electron chi connectivity index (χ2n) is 4.93. The monoisotopic (exact) mass is 316 g/mol. The van der Waals surface area contributed by atoms with Gasteiger partial charge in [0.25, 0.3) is 5.69 Å². The lowest BCUT2D eigenvalue weighted by Crippen LogP contribution is -2.20. The molecule has 2 aromatic rings. The van der Waals surface area contributed by atoms with E-state index in [1.807, 2.05) is 13.8 Å². The highest BCUT2D eigenvalue weighted by Gasteiger charge is 2.15. The molecule has 2 amide bonds. The average molecular weight is 316 g/mol. The van der Waals surface area contributed by atoms with Gasteiger partial charge in [0.05, 0.1) is 28.6 Å². The molecular formula is C15H16N4O4. The molecule has 0 bridgehead atoms. The number of non-ortho nitro benzene ring substituents is 1. The van der Waals surface area contributed by atoms with Gasteiger partial charge in [-0.3, -0.25) is 15.1 Å². The quantitative estimate of drug-likeness (QED) is 0.649. The Kier molecular flexibility index (Phi) is 5.08. The SMILES string of the molecule is CC(C)Oc1ccc([N+](=O)[O-])cc1NC(=O)Nc1cccnc1. The number of rotatable bonds is 5. The summed E-state index contributed by atoms with van der Waals surface area (Å²) in [6.45, 7) is 3.64. The zero-order chi connectivity index (χ0) is 16.8. The Bertz CT molecular complexity index is 704. The largest absolute Gasteiger partial charge is 0.489 e. The van der Waals surface area contributed by atoms with Gasteiger partial charge in [0.15, 0.2) is 0 Å². The molecule has 8 heteroatoms. The molecule has 8 nitrogen and oxygen atoms in total. The van der Waals surface area contributed by atoms with Crippen LogP contribution in [0.25, 0.3) is 0 Å². The molecule has 0 aliphatic rings. The number of nitrogens with zero attached hydrogens (tertiary/aromatic N) is 2. The summed E-state index contributed by atoms with van der Waals surface area (Å²) in [4.78, 5) is 26.3. The Morgan fingerprint density at radius 1 is 1.30 bits per heavy atom. The molecule has 120 valence electrons. The van der Waals surface area contributed by atoms with E-state index in [0.717, 1.165) is 0 Å². The van der Waals surface area contributed by atoms with Gasteiger partial charge in [0, 0.05) is 18.3 Å². The molecule has 0 saturated carbocycles. The summed E-state index contributed by atoms with van der Waals surface area (Å²) in [5.74, 6) is 0.354. The van der Waals surface area contributed by atoms with Crippen molar-refractivity contribution < 1.29 is 14.5 Å². The fourth-order valence-electron chi connectivity index (χ4n) is 1.81. The summed E-state index contributed by atoms with van der Waals surface area (Å²) in [6, 6.07) is 6.83. The predicted molar refractivity (Wildman–Crippen MR) is 85.7 cm³/mol. The molecule has 2 N–H and O–H groups in total. The number of pyridine rings is 1. The number of anilines is 2. The maximum absolute atomic E-state index is 12.0. The van der Waals surface area contributed by atoms with E-state index in [9.17, 15) is 14.9 Å². The number of urea groups is 1. The minimum absolute atomic E-state index is 0.140. The number of amides is 2. The van der Waals surface area contributed by atoms with Crippen LogP contribution in [0.4, 0.5) is 21.9 Å². The number of aromatic nitrogens is 1. The fraction of sp³-hybridized carbons (Fsp3) is 0.200. The third-order valence-corrected chi connectivity index (χ3v) is 2.70. The van der Waals surface area contributed by atoms with Gasteiger partial charge >= 0.3 is 6.03 Å². The molecule has 0 unspecified atom stereocenters. The summed E-state index contributed by atoms with van der Waals surface area (Å²) in [6.07, 6.45) is 2.93. The Labute approximate surface area is 132 Å². The van der Waals surface area contributed by atoms with Gasteiger partial charge in [0.2, 0.25) is 0 Å². The number of carbonyl (C=O) groups is 1. The van der Waals surface area contributed by atoms with E-state index in [1.165, 1.54) is 24.4 Å². The molecule has 2 rings (SSSR count). The molecule has 0 radical (unpaired) electrons. The summed E-state index contributed by atoms with van der Waals surface area (Å²) in [7, 11) is 0. The highest BCUT2D eigenvalue weighted by Crippen LogP contribution is 2.30. The van der Waals surface area contributed by atoms with Crippen LogP contribution in [0.5, 0.6) is 5.75 Å². The third-order valence-electron chi connectivity index (χ3n) is 2.70. The minimum atomic E-state index is -0.549. The van der Waals surface area contributed by atoms with Gasteiger partial charge in [0.1, 0.15) is 5.75 Å². The smallest absolute Gasteiger partial charge is 0.323 e. The van der Waals surface area contributed by atoms with Crippen molar-refractivity contribution >= 4 is 23.1 Å². The molecule has 23 heavy (non-hydrogen) atoms. The zero-order valence-electron chi connectivity index (χ0n) is 12.6. The van der Waals surface area contributed by atoms with Crippen molar-refractivity contribution in [1.29, 1.82) is 0 Å². The molecule has 0 atom stereocenters. The van der Waals surface area contributed by atoms with Crippen LogP contribution in [0.15, 0.2) is 42.7 Å². The lowest BCUT2D eigenvalue weighted by Gasteiger charge is -2.15. The number of ether oxygens (including phenoxy) is 1. The van der Waals surface area contributed by atoms with Crippen molar-refractivity contribution in [2.24, 2.45) is 0 Å². The summed E-state index contributed by atoms with van der Waals surface area (Å²) in [5.41, 5.74) is 0.578. The fourth-order valence-corrected chi connectivity index (χ4v) is 1.81. The maximum atomic E-state index is 12.0. The van der Waals surface area contributed by atoms with E-state index < -0.39 is 11.0 Å². The lowest BCUT2D eigenvalue weighted by atomic mass is 10.2. The van der Waals surface area contributed by atoms with Crippen LogP contribution in [-0.4, -0.2) is 22.0 Å². The molecule has 1 aromatic heterocycles. The summed E-state index contributed by atoms with van der Waals surface area (Å²) in [5, 5.41) is 16.0. The number of nitro benzene ring substituents is 1. The first-order valence-electron chi connectivity index (χ1n) is 6.89. The molecule has 0 aliphatic heterocycles. The van der Waals surface area contributed by atoms with Crippen molar-refractivity contribution in [2.75, 3.05) is 10.6 Å². The molecular weight excluding hydrogens is 300 g/mol. The van der Waals surface area contributed by atoms with Crippen LogP contribution < -0.4 is 15.4 Å². The van der Waals surface area contributed by atoms with Crippen molar-refractivity contribution in [3.8, 4) is 5.75 Å². The van der Waals surface area contributed by atoms with Crippen molar-refractivity contribution in [1.82, 2.24) is 4.98 Å². The highest BCUT2D eigenvalue weighted by atomic mass is 16.6. The second-order valence-corrected chi connectivity index (χ2v) is 4.93. The van der Waals surface area contributed by atoms with Gasteiger partial charge in [-0.25, -0.2) is 4.79 Å².